The van der Waals surface area contributed by atoms with Gasteiger partial charge in [0.05, 0.1) is 5.56 Å². The van der Waals surface area contributed by atoms with E-state index in [4.69, 9.17) is 0 Å². The number of hydrogen-bond donors (Lipinski definition) is 0. The summed E-state index contributed by atoms with van der Waals surface area (Å²) in [6.45, 7) is 6.31. The monoisotopic (exact) mass is 328 g/mol. The molecule has 3 aliphatic heterocycles. The molecule has 0 aromatic carbocycles. The van der Waals surface area contributed by atoms with E-state index in [2.05, 4.69) is 14.8 Å². The summed E-state index contributed by atoms with van der Waals surface area (Å²) in [4.78, 5) is 24.2. The summed E-state index contributed by atoms with van der Waals surface area (Å²) in [7, 11) is 0. The van der Waals surface area contributed by atoms with Crippen molar-refractivity contribution in [1.82, 2.24) is 14.8 Å². The normalized spacial score (nSPS) is 25.4. The van der Waals surface area contributed by atoms with Crippen LogP contribution in [0.3, 0.4) is 0 Å². The number of carbonyl (C=O) groups excluding carboxylic acids is 1. The Morgan fingerprint density at radius 1 is 0.958 bits per heavy atom. The third-order valence-electron chi connectivity index (χ3n) is 5.80. The molecule has 4 rings (SSSR count). The average molecular weight is 328 g/mol. The van der Waals surface area contributed by atoms with E-state index < -0.39 is 0 Å². The van der Waals surface area contributed by atoms with E-state index in [1.54, 1.807) is 6.20 Å². The summed E-state index contributed by atoms with van der Waals surface area (Å²) < 4.78 is 0. The predicted molar refractivity (Wildman–Crippen MR) is 95.4 cm³/mol. The first-order chi connectivity index (χ1) is 11.8. The van der Waals surface area contributed by atoms with Crippen LogP contribution in [-0.4, -0.2) is 66.0 Å². The Hall–Kier alpha value is -1.62. The number of nitrogens with zero attached hydrogens (tertiary/aromatic N) is 4. The Morgan fingerprint density at radius 3 is 2.58 bits per heavy atom. The highest BCUT2D eigenvalue weighted by molar-refractivity contribution is 5.94. The van der Waals surface area contributed by atoms with Crippen molar-refractivity contribution in [3.8, 4) is 0 Å². The number of fused-ring (bicyclic) bond motifs is 1. The van der Waals surface area contributed by atoms with Gasteiger partial charge in [0.1, 0.15) is 5.82 Å². The molecular weight excluding hydrogens is 300 g/mol. The van der Waals surface area contributed by atoms with Gasteiger partial charge in [0.25, 0.3) is 5.91 Å². The number of aromatic nitrogens is 1. The van der Waals surface area contributed by atoms with Crippen LogP contribution in [-0.2, 0) is 0 Å². The molecule has 0 radical (unpaired) electrons. The first-order valence-corrected chi connectivity index (χ1v) is 9.55. The number of carbonyl (C=O) groups is 1. The quantitative estimate of drug-likeness (QED) is 0.836. The zero-order valence-electron chi connectivity index (χ0n) is 14.5. The Kier molecular flexibility index (Phi) is 4.69. The topological polar surface area (TPSA) is 39.7 Å². The van der Waals surface area contributed by atoms with E-state index in [0.29, 0.717) is 6.04 Å². The number of anilines is 1. The molecule has 0 saturated carbocycles. The fourth-order valence-electron chi connectivity index (χ4n) is 4.34. The first kappa shape index (κ1) is 15.9. The maximum absolute atomic E-state index is 12.5. The number of likely N-dealkylation sites (tertiary alicyclic amines) is 1. The molecule has 5 heteroatoms. The Morgan fingerprint density at radius 2 is 1.79 bits per heavy atom. The van der Waals surface area contributed by atoms with Gasteiger partial charge >= 0.3 is 0 Å². The molecule has 3 fully saturated rings. The first-order valence-electron chi connectivity index (χ1n) is 9.55. The number of hydrogen-bond acceptors (Lipinski definition) is 4. The molecule has 5 nitrogen and oxygen atoms in total. The molecule has 4 heterocycles. The maximum atomic E-state index is 12.5. The molecule has 0 N–H and O–H groups in total. The van der Waals surface area contributed by atoms with Crippen LogP contribution in [0.2, 0.25) is 0 Å². The van der Waals surface area contributed by atoms with Crippen LogP contribution in [0.5, 0.6) is 0 Å². The van der Waals surface area contributed by atoms with E-state index in [1.165, 1.54) is 32.2 Å². The lowest BCUT2D eigenvalue weighted by Gasteiger charge is -2.44. The molecule has 1 amide bonds. The van der Waals surface area contributed by atoms with Crippen LogP contribution >= 0.6 is 0 Å². The molecule has 0 unspecified atom stereocenters. The fraction of sp³-hybridized carbons (Fsp3) is 0.684. The van der Waals surface area contributed by atoms with E-state index in [1.807, 2.05) is 17.0 Å². The summed E-state index contributed by atoms with van der Waals surface area (Å²) >= 11 is 0. The minimum absolute atomic E-state index is 0.144. The van der Waals surface area contributed by atoms with Gasteiger partial charge in [-0.2, -0.15) is 0 Å². The van der Waals surface area contributed by atoms with Crippen LogP contribution in [0.4, 0.5) is 5.82 Å². The number of pyridine rings is 1. The zero-order valence-corrected chi connectivity index (χ0v) is 14.5. The molecule has 1 atom stereocenters. The van der Waals surface area contributed by atoms with Crippen molar-refractivity contribution in [2.24, 2.45) is 0 Å². The Bertz CT molecular complexity index is 567. The molecule has 24 heavy (non-hydrogen) atoms. The molecule has 130 valence electrons. The highest BCUT2D eigenvalue weighted by atomic mass is 16.2. The van der Waals surface area contributed by atoms with Crippen molar-refractivity contribution in [3.63, 3.8) is 0 Å². The van der Waals surface area contributed by atoms with Gasteiger partial charge in [-0.05, 0) is 50.8 Å². The minimum atomic E-state index is 0.144. The van der Waals surface area contributed by atoms with Crippen molar-refractivity contribution in [3.05, 3.63) is 23.9 Å². The summed E-state index contributed by atoms with van der Waals surface area (Å²) in [6.07, 6.45) is 9.29. The van der Waals surface area contributed by atoms with Crippen molar-refractivity contribution >= 4 is 11.7 Å². The molecule has 0 spiro atoms. The second-order valence-electron chi connectivity index (χ2n) is 7.39. The van der Waals surface area contributed by atoms with Crippen molar-refractivity contribution in [2.45, 2.75) is 44.6 Å². The molecule has 3 aliphatic rings. The van der Waals surface area contributed by atoms with Crippen LogP contribution < -0.4 is 4.90 Å². The highest BCUT2D eigenvalue weighted by Gasteiger charge is 2.29. The van der Waals surface area contributed by atoms with Crippen molar-refractivity contribution < 1.29 is 4.79 Å². The van der Waals surface area contributed by atoms with Gasteiger partial charge in [-0.3, -0.25) is 9.69 Å². The highest BCUT2D eigenvalue weighted by Crippen LogP contribution is 2.24. The van der Waals surface area contributed by atoms with Gasteiger partial charge in [-0.1, -0.05) is 6.42 Å². The lowest BCUT2D eigenvalue weighted by atomic mass is 9.99. The number of amides is 1. The molecule has 3 saturated heterocycles. The van der Waals surface area contributed by atoms with Crippen LogP contribution in [0, 0.1) is 0 Å². The molecule has 1 aromatic heterocycles. The van der Waals surface area contributed by atoms with Gasteiger partial charge in [0, 0.05) is 45.0 Å². The summed E-state index contributed by atoms with van der Waals surface area (Å²) in [5.74, 6) is 1.17. The standard InChI is InChI=1S/C19H28N4O/c24-19(22-10-3-1-4-11-22)16-7-8-18(20-14-16)23-13-12-21-9-5-2-6-17(21)15-23/h7-8,14,17H,1-6,9-13,15H2/t17-/m1/s1. The third-order valence-corrected chi connectivity index (χ3v) is 5.80. The molecular formula is C19H28N4O. The van der Waals surface area contributed by atoms with Crippen molar-refractivity contribution in [2.75, 3.05) is 44.2 Å². The second kappa shape index (κ2) is 7.09. The Balaban J connectivity index is 1.41. The lowest BCUT2D eigenvalue weighted by Crippen LogP contribution is -2.55. The van der Waals surface area contributed by atoms with Gasteiger partial charge in [0.2, 0.25) is 0 Å². The summed E-state index contributed by atoms with van der Waals surface area (Å²) in [5, 5.41) is 0. The minimum Gasteiger partial charge on any atom is -0.354 e. The van der Waals surface area contributed by atoms with Crippen LogP contribution in [0.15, 0.2) is 18.3 Å². The van der Waals surface area contributed by atoms with E-state index in [9.17, 15) is 4.79 Å². The summed E-state index contributed by atoms with van der Waals surface area (Å²) in [5.41, 5.74) is 0.733. The largest absolute Gasteiger partial charge is 0.354 e. The van der Waals surface area contributed by atoms with Gasteiger partial charge in [-0.25, -0.2) is 4.98 Å². The van der Waals surface area contributed by atoms with E-state index in [-0.39, 0.29) is 5.91 Å². The van der Waals surface area contributed by atoms with Gasteiger partial charge in [0.15, 0.2) is 0 Å². The van der Waals surface area contributed by atoms with Crippen LogP contribution in [0.25, 0.3) is 0 Å². The Labute approximate surface area is 144 Å². The number of piperidine rings is 2. The zero-order chi connectivity index (χ0) is 16.4. The SMILES string of the molecule is O=C(c1ccc(N2CCN3CCCC[C@@H]3C2)nc1)N1CCCCC1. The smallest absolute Gasteiger partial charge is 0.255 e. The lowest BCUT2D eigenvalue weighted by molar-refractivity contribution is 0.0724. The van der Waals surface area contributed by atoms with E-state index in [0.717, 1.165) is 56.9 Å². The second-order valence-corrected chi connectivity index (χ2v) is 7.39. The predicted octanol–water partition coefficient (Wildman–Crippen LogP) is 2.38. The third kappa shape index (κ3) is 3.27. The summed E-state index contributed by atoms with van der Waals surface area (Å²) in [6, 6.07) is 4.69. The van der Waals surface area contributed by atoms with E-state index >= 15 is 0 Å². The van der Waals surface area contributed by atoms with Gasteiger partial charge in [-0.15, -0.1) is 0 Å². The fourth-order valence-corrected chi connectivity index (χ4v) is 4.34. The van der Waals surface area contributed by atoms with Crippen LogP contribution in [0.1, 0.15) is 48.9 Å². The maximum Gasteiger partial charge on any atom is 0.255 e. The average Bonchev–Trinajstić information content (AvgIpc) is 2.68. The van der Waals surface area contributed by atoms with Crippen molar-refractivity contribution in [1.29, 1.82) is 0 Å². The van der Waals surface area contributed by atoms with Gasteiger partial charge < -0.3 is 9.80 Å². The molecule has 1 aromatic rings. The number of piperazine rings is 1. The molecule has 0 bridgehead atoms. The molecule has 0 aliphatic carbocycles. The number of rotatable bonds is 2.